The number of ether oxygens (including phenoxy) is 2. The van der Waals surface area contributed by atoms with E-state index in [1.807, 2.05) is 48.5 Å². The number of nitrogens with zero attached hydrogens (tertiary/aromatic N) is 1. The Balaban J connectivity index is 1.42. The fourth-order valence-electron chi connectivity index (χ4n) is 5.54. The lowest BCUT2D eigenvalue weighted by Gasteiger charge is -2.39. The zero-order chi connectivity index (χ0) is 28.2. The molecule has 0 unspecified atom stereocenters. The van der Waals surface area contributed by atoms with Crippen LogP contribution in [0.1, 0.15) is 99.7 Å². The summed E-state index contributed by atoms with van der Waals surface area (Å²) in [5.41, 5.74) is 3.48. The Labute approximate surface area is 237 Å². The summed E-state index contributed by atoms with van der Waals surface area (Å²) in [6, 6.07) is 15.6. The van der Waals surface area contributed by atoms with Crippen molar-refractivity contribution in [2.24, 2.45) is 0 Å². The van der Waals surface area contributed by atoms with E-state index in [4.69, 9.17) is 14.6 Å². The van der Waals surface area contributed by atoms with Crippen LogP contribution in [-0.4, -0.2) is 52.7 Å². The van der Waals surface area contributed by atoms with Crippen molar-refractivity contribution in [1.29, 1.82) is 0 Å². The number of carbonyl (C=O) groups excluding carboxylic acids is 1. The number of aliphatic hydroxyl groups is 1. The molecule has 2 aliphatic heterocycles. The van der Waals surface area contributed by atoms with E-state index in [1.165, 1.54) is 32.1 Å². The Morgan fingerprint density at radius 1 is 0.875 bits per heavy atom. The molecule has 0 saturated carbocycles. The first-order valence-corrected chi connectivity index (χ1v) is 14.8. The Morgan fingerprint density at radius 3 is 2.33 bits per heavy atom. The second-order valence-electron chi connectivity index (χ2n) is 11.0. The molecule has 2 aromatic rings. The highest BCUT2D eigenvalue weighted by Gasteiger charge is 2.33. The van der Waals surface area contributed by atoms with Crippen LogP contribution in [-0.2, 0) is 25.7 Å². The maximum absolute atomic E-state index is 12.5. The Bertz CT molecular complexity index is 1070. The molecule has 3 atom stereocenters. The summed E-state index contributed by atoms with van der Waals surface area (Å²) in [6.45, 7) is 3.07. The van der Waals surface area contributed by atoms with Crippen molar-refractivity contribution in [1.82, 2.24) is 4.90 Å². The van der Waals surface area contributed by atoms with Gasteiger partial charge in [-0.25, -0.2) is 0 Å². The molecule has 1 amide bonds. The quantitative estimate of drug-likeness (QED) is 0.279. The monoisotopic (exact) mass is 552 g/mol. The average Bonchev–Trinajstić information content (AvgIpc) is 2.94. The van der Waals surface area contributed by atoms with E-state index in [9.17, 15) is 14.7 Å². The lowest BCUT2D eigenvalue weighted by atomic mass is 9.99. The number of rotatable bonds is 12. The number of anilines is 1. The number of hydrogen-bond donors (Lipinski definition) is 3. The van der Waals surface area contributed by atoms with Crippen LogP contribution in [0.4, 0.5) is 5.69 Å². The number of unbranched alkanes of at least 4 members (excludes halogenated alkanes) is 2. The summed E-state index contributed by atoms with van der Waals surface area (Å²) in [5, 5.41) is 21.2. The molecule has 2 aromatic carbocycles. The molecule has 2 saturated heterocycles. The molecule has 0 aromatic heterocycles. The number of nitrogens with one attached hydrogen (secondary N) is 1. The topological polar surface area (TPSA) is 108 Å². The van der Waals surface area contributed by atoms with Crippen LogP contribution < -0.4 is 5.32 Å². The largest absolute Gasteiger partial charge is 0.481 e. The molecule has 0 bridgehead atoms. The molecule has 0 spiro atoms. The van der Waals surface area contributed by atoms with Gasteiger partial charge < -0.3 is 29.9 Å². The third kappa shape index (κ3) is 9.70. The first-order chi connectivity index (χ1) is 19.5. The van der Waals surface area contributed by atoms with Crippen molar-refractivity contribution in [3.05, 3.63) is 65.2 Å². The van der Waals surface area contributed by atoms with Gasteiger partial charge in [0.15, 0.2) is 6.29 Å². The summed E-state index contributed by atoms with van der Waals surface area (Å²) in [4.78, 5) is 25.7. The van der Waals surface area contributed by atoms with Crippen LogP contribution in [0.3, 0.4) is 0 Å². The van der Waals surface area contributed by atoms with E-state index in [2.05, 4.69) is 10.2 Å². The van der Waals surface area contributed by atoms with Gasteiger partial charge in [-0.2, -0.15) is 0 Å². The molecule has 4 rings (SSSR count). The van der Waals surface area contributed by atoms with E-state index < -0.39 is 12.3 Å². The Kier molecular flexibility index (Phi) is 12.0. The third-order valence-corrected chi connectivity index (χ3v) is 7.76. The van der Waals surface area contributed by atoms with Crippen LogP contribution in [0.5, 0.6) is 0 Å². The number of carboxylic acids is 1. The van der Waals surface area contributed by atoms with Crippen LogP contribution in [0, 0.1) is 0 Å². The zero-order valence-electron chi connectivity index (χ0n) is 23.4. The van der Waals surface area contributed by atoms with Crippen LogP contribution >= 0.6 is 0 Å². The lowest BCUT2D eigenvalue weighted by Crippen LogP contribution is -2.40. The van der Waals surface area contributed by atoms with Gasteiger partial charge in [-0.05, 0) is 62.0 Å². The number of likely N-dealkylation sites (tertiary alicyclic amines) is 1. The van der Waals surface area contributed by atoms with Gasteiger partial charge in [-0.3, -0.25) is 9.59 Å². The summed E-state index contributed by atoms with van der Waals surface area (Å²) in [5.74, 6) is -0.892. The second-order valence-corrected chi connectivity index (χ2v) is 11.0. The molecule has 2 fully saturated rings. The molecule has 8 nitrogen and oxygen atoms in total. The minimum absolute atomic E-state index is 0.00439. The van der Waals surface area contributed by atoms with Crippen molar-refractivity contribution >= 4 is 17.6 Å². The summed E-state index contributed by atoms with van der Waals surface area (Å²) >= 11 is 0. The smallest absolute Gasteiger partial charge is 0.303 e. The van der Waals surface area contributed by atoms with Gasteiger partial charge in [-0.15, -0.1) is 0 Å². The predicted octanol–water partition coefficient (Wildman–Crippen LogP) is 5.96. The average molecular weight is 553 g/mol. The number of amides is 1. The van der Waals surface area contributed by atoms with E-state index in [0.717, 1.165) is 42.7 Å². The van der Waals surface area contributed by atoms with Crippen LogP contribution in [0.2, 0.25) is 0 Å². The predicted molar refractivity (Wildman–Crippen MR) is 154 cm³/mol. The summed E-state index contributed by atoms with van der Waals surface area (Å²) < 4.78 is 13.1. The first kappa shape index (κ1) is 30.2. The van der Waals surface area contributed by atoms with Crippen molar-refractivity contribution in [3.63, 3.8) is 0 Å². The third-order valence-electron chi connectivity index (χ3n) is 7.76. The van der Waals surface area contributed by atoms with Gasteiger partial charge in [0, 0.05) is 37.1 Å². The molecule has 40 heavy (non-hydrogen) atoms. The van der Waals surface area contributed by atoms with Crippen molar-refractivity contribution in [2.75, 3.05) is 25.0 Å². The maximum atomic E-state index is 12.5. The van der Waals surface area contributed by atoms with Crippen molar-refractivity contribution in [3.8, 4) is 0 Å². The number of carbonyl (C=O) groups is 2. The summed E-state index contributed by atoms with van der Waals surface area (Å²) in [6.07, 6.45) is 8.83. The van der Waals surface area contributed by atoms with Gasteiger partial charge >= 0.3 is 5.97 Å². The molecule has 8 heteroatoms. The van der Waals surface area contributed by atoms with Crippen LogP contribution in [0.15, 0.2) is 48.5 Å². The lowest BCUT2D eigenvalue weighted by molar-refractivity contribution is -0.253. The standard InChI is InChI=1S/C32H44N2O6/c35-23-24-14-16-25(17-15-24)29-21-28(22-34-18-7-2-1-3-8-19-34)39-32(40-29)26-10-9-11-27(20-26)33-30(36)12-5-4-6-13-31(37)38/h9-11,14-17,20,28-29,32,35H,1-8,12-13,18-19,21-23H2,(H,33,36)(H,37,38)/t28-,29+,32+/m1/s1. The van der Waals surface area contributed by atoms with E-state index in [0.29, 0.717) is 31.4 Å². The summed E-state index contributed by atoms with van der Waals surface area (Å²) in [7, 11) is 0. The highest BCUT2D eigenvalue weighted by atomic mass is 16.7. The first-order valence-electron chi connectivity index (χ1n) is 14.8. The number of benzene rings is 2. The van der Waals surface area contributed by atoms with Gasteiger partial charge in [0.25, 0.3) is 0 Å². The fraction of sp³-hybridized carbons (Fsp3) is 0.562. The molecule has 218 valence electrons. The zero-order valence-corrected chi connectivity index (χ0v) is 23.4. The number of aliphatic hydroxyl groups excluding tert-OH is 1. The van der Waals surface area contributed by atoms with Gasteiger partial charge in [0.1, 0.15) is 0 Å². The van der Waals surface area contributed by atoms with Crippen molar-refractivity contribution < 1.29 is 29.3 Å². The molecule has 2 aliphatic rings. The minimum Gasteiger partial charge on any atom is -0.481 e. The number of hydrogen-bond acceptors (Lipinski definition) is 6. The van der Waals surface area contributed by atoms with Crippen molar-refractivity contribution in [2.45, 2.75) is 95.7 Å². The maximum Gasteiger partial charge on any atom is 0.303 e. The highest BCUT2D eigenvalue weighted by molar-refractivity contribution is 5.90. The van der Waals surface area contributed by atoms with Gasteiger partial charge in [-0.1, -0.05) is 62.1 Å². The molecule has 3 N–H and O–H groups in total. The fourth-order valence-corrected chi connectivity index (χ4v) is 5.54. The highest BCUT2D eigenvalue weighted by Crippen LogP contribution is 2.38. The molecular weight excluding hydrogens is 508 g/mol. The molecule has 2 heterocycles. The molecular formula is C32H44N2O6. The minimum atomic E-state index is -0.804. The number of carboxylic acid groups (broad SMARTS) is 1. The Hall–Kier alpha value is -2.78. The molecule has 0 aliphatic carbocycles. The SMILES string of the molecule is O=C(O)CCCCCC(=O)Nc1cccc([C@H]2O[C@@H](CN3CCCCCCC3)C[C@@H](c3ccc(CO)cc3)O2)c1. The van der Waals surface area contributed by atoms with E-state index in [-0.39, 0.29) is 31.1 Å². The number of aliphatic carboxylic acids is 1. The Morgan fingerprint density at radius 2 is 1.60 bits per heavy atom. The van der Waals surface area contributed by atoms with E-state index >= 15 is 0 Å². The van der Waals surface area contributed by atoms with Gasteiger partial charge in [0.05, 0.1) is 18.8 Å². The van der Waals surface area contributed by atoms with Gasteiger partial charge in [0.2, 0.25) is 5.91 Å². The molecule has 0 radical (unpaired) electrons. The second kappa shape index (κ2) is 15.9. The van der Waals surface area contributed by atoms with Crippen LogP contribution in [0.25, 0.3) is 0 Å². The normalized spacial score (nSPS) is 22.3. The van der Waals surface area contributed by atoms with E-state index in [1.54, 1.807) is 0 Å².